The number of esters is 2. The molecule has 2 atom stereocenters. The summed E-state index contributed by atoms with van der Waals surface area (Å²) in [6.07, 6.45) is -2.52. The third-order valence-electron chi connectivity index (χ3n) is 5.96. The van der Waals surface area contributed by atoms with E-state index < -0.39 is 36.0 Å². The smallest absolute Gasteiger partial charge is 0.349 e. The molecule has 0 fully saturated rings. The summed E-state index contributed by atoms with van der Waals surface area (Å²) < 4.78 is 10.5. The number of carboxylic acid groups (broad SMARTS) is 1. The van der Waals surface area contributed by atoms with E-state index in [0.717, 1.165) is 5.56 Å². The third kappa shape index (κ3) is 7.55. The fraction of sp³-hybridized carbons (Fsp3) is 0.0606. The highest BCUT2D eigenvalue weighted by atomic mass is 16.6. The van der Waals surface area contributed by atoms with Crippen LogP contribution in [0.15, 0.2) is 115 Å². The van der Waals surface area contributed by atoms with Crippen molar-refractivity contribution < 1.29 is 33.8 Å². The molecule has 0 saturated heterocycles. The Labute approximate surface area is 241 Å². The van der Waals surface area contributed by atoms with Crippen LogP contribution in [0, 0.1) is 11.3 Å². The minimum absolute atomic E-state index is 0.0492. The van der Waals surface area contributed by atoms with Crippen LogP contribution >= 0.6 is 0 Å². The zero-order valence-electron chi connectivity index (χ0n) is 22.0. The van der Waals surface area contributed by atoms with Gasteiger partial charge in [-0.2, -0.15) is 5.26 Å². The molecule has 4 aromatic rings. The van der Waals surface area contributed by atoms with Gasteiger partial charge in [-0.1, -0.05) is 78.9 Å². The number of nitriles is 1. The first-order valence-corrected chi connectivity index (χ1v) is 12.7. The molecule has 9 nitrogen and oxygen atoms in total. The molecule has 208 valence electrons. The molecule has 0 bridgehead atoms. The maximum absolute atomic E-state index is 13.3. The molecule has 0 aliphatic heterocycles. The number of nitrogens with one attached hydrogen (secondary N) is 1. The Morgan fingerprint density at radius 3 is 1.57 bits per heavy atom. The van der Waals surface area contributed by atoms with Crippen molar-refractivity contribution in [1.82, 2.24) is 0 Å². The predicted molar refractivity (Wildman–Crippen MR) is 154 cm³/mol. The first-order chi connectivity index (χ1) is 20.4. The molecular formula is C33H24N2O7. The molecule has 42 heavy (non-hydrogen) atoms. The molecule has 1 amide bonds. The van der Waals surface area contributed by atoms with Crippen molar-refractivity contribution in [3.05, 3.63) is 138 Å². The quantitative estimate of drug-likeness (QED) is 0.153. The number of hydrogen-bond acceptors (Lipinski definition) is 7. The number of anilines is 1. The molecular weight excluding hydrogens is 536 g/mol. The maximum Gasteiger partial charge on any atom is 0.349 e. The zero-order valence-corrected chi connectivity index (χ0v) is 22.0. The van der Waals surface area contributed by atoms with Crippen molar-refractivity contribution in [2.45, 2.75) is 12.2 Å². The second-order valence-corrected chi connectivity index (χ2v) is 8.87. The van der Waals surface area contributed by atoms with Gasteiger partial charge in [-0.3, -0.25) is 4.79 Å². The number of carbonyl (C=O) groups excluding carboxylic acids is 3. The molecule has 9 heteroatoms. The maximum atomic E-state index is 13.3. The Bertz CT molecular complexity index is 1630. The summed E-state index contributed by atoms with van der Waals surface area (Å²) in [5, 5.41) is 22.0. The number of aliphatic carboxylic acids is 1. The number of rotatable bonds is 10. The van der Waals surface area contributed by atoms with Gasteiger partial charge in [0.1, 0.15) is 0 Å². The topological polar surface area (TPSA) is 143 Å². The lowest BCUT2D eigenvalue weighted by atomic mass is 10.0. The summed E-state index contributed by atoms with van der Waals surface area (Å²) >= 11 is 0. The van der Waals surface area contributed by atoms with E-state index in [1.165, 1.54) is 36.4 Å². The van der Waals surface area contributed by atoms with Crippen molar-refractivity contribution in [1.29, 1.82) is 5.26 Å². The number of ether oxygens (including phenoxy) is 2. The number of benzene rings is 4. The van der Waals surface area contributed by atoms with Crippen molar-refractivity contribution in [2.24, 2.45) is 0 Å². The lowest BCUT2D eigenvalue weighted by molar-refractivity contribution is -0.157. The van der Waals surface area contributed by atoms with Gasteiger partial charge in [0.2, 0.25) is 12.2 Å². The Morgan fingerprint density at radius 1 is 0.667 bits per heavy atom. The van der Waals surface area contributed by atoms with Gasteiger partial charge in [0.15, 0.2) is 0 Å². The molecule has 0 saturated carbocycles. The molecule has 2 N–H and O–H groups in total. The molecule has 0 unspecified atom stereocenters. The molecule has 0 spiro atoms. The van der Waals surface area contributed by atoms with Crippen molar-refractivity contribution in [3.63, 3.8) is 0 Å². The lowest BCUT2D eigenvalue weighted by Crippen LogP contribution is -2.48. The largest absolute Gasteiger partial charge is 0.478 e. The van der Waals surface area contributed by atoms with Crippen LogP contribution in [0.1, 0.15) is 31.8 Å². The molecule has 0 radical (unpaired) electrons. The highest BCUT2D eigenvalue weighted by molar-refractivity contribution is 6.01. The van der Waals surface area contributed by atoms with E-state index in [1.54, 1.807) is 54.6 Å². The van der Waals surface area contributed by atoms with E-state index in [-0.39, 0.29) is 16.8 Å². The lowest BCUT2D eigenvalue weighted by Gasteiger charge is -2.23. The number of hydrogen-bond donors (Lipinski definition) is 2. The Hall–Kier alpha value is -6.01. The van der Waals surface area contributed by atoms with Crippen LogP contribution < -0.4 is 5.32 Å². The molecule has 0 aliphatic rings. The fourth-order valence-corrected chi connectivity index (χ4v) is 3.85. The normalized spacial score (nSPS) is 12.2. The van der Waals surface area contributed by atoms with E-state index in [2.05, 4.69) is 11.4 Å². The van der Waals surface area contributed by atoms with Gasteiger partial charge in [0.25, 0.3) is 5.91 Å². The summed E-state index contributed by atoms with van der Waals surface area (Å²) in [6, 6.07) is 32.9. The van der Waals surface area contributed by atoms with E-state index in [4.69, 9.17) is 9.47 Å². The minimum Gasteiger partial charge on any atom is -0.478 e. The number of carboxylic acids is 1. The first kappa shape index (κ1) is 29.0. The Kier molecular flexibility index (Phi) is 9.57. The van der Waals surface area contributed by atoms with Crippen LogP contribution in [0.25, 0.3) is 11.6 Å². The highest BCUT2D eigenvalue weighted by Crippen LogP contribution is 2.20. The predicted octanol–water partition coefficient (Wildman–Crippen LogP) is 5.23. The summed E-state index contributed by atoms with van der Waals surface area (Å²) in [5.41, 5.74) is 2.20. The molecule has 0 aromatic heterocycles. The monoisotopic (exact) mass is 560 g/mol. The van der Waals surface area contributed by atoms with Gasteiger partial charge in [-0.15, -0.1) is 0 Å². The van der Waals surface area contributed by atoms with Gasteiger partial charge in [0, 0.05) is 5.69 Å². The summed E-state index contributed by atoms with van der Waals surface area (Å²) in [4.78, 5) is 51.0. The van der Waals surface area contributed by atoms with Crippen LogP contribution in [0.3, 0.4) is 0 Å². The Balaban J connectivity index is 1.57. The van der Waals surface area contributed by atoms with E-state index in [9.17, 15) is 29.5 Å². The van der Waals surface area contributed by atoms with Gasteiger partial charge in [0.05, 0.1) is 22.8 Å². The summed E-state index contributed by atoms with van der Waals surface area (Å²) in [6.45, 7) is 0. The van der Waals surface area contributed by atoms with Crippen LogP contribution in [0.5, 0.6) is 0 Å². The third-order valence-corrected chi connectivity index (χ3v) is 5.96. The summed E-state index contributed by atoms with van der Waals surface area (Å²) in [7, 11) is 0. The zero-order chi connectivity index (χ0) is 29.9. The molecule has 0 aliphatic carbocycles. The molecule has 4 aromatic carbocycles. The number of allylic oxidation sites excluding steroid dienone is 1. The SMILES string of the molecule is N#C/C(=C\c1ccc(NC(=O)[C@@H](OC(=O)c2ccccc2)[C@H](OC(=O)c2ccccc2)C(=O)O)cc1)c1ccccc1. The van der Waals surface area contributed by atoms with Crippen LogP contribution in [0.4, 0.5) is 5.69 Å². The van der Waals surface area contributed by atoms with Crippen LogP contribution in [-0.4, -0.2) is 41.1 Å². The molecule has 4 rings (SSSR count). The number of nitrogens with zero attached hydrogens (tertiary/aromatic N) is 1. The molecule has 0 heterocycles. The second kappa shape index (κ2) is 13.9. The number of amides is 1. The van der Waals surface area contributed by atoms with Gasteiger partial charge >= 0.3 is 17.9 Å². The average Bonchev–Trinajstić information content (AvgIpc) is 3.03. The van der Waals surface area contributed by atoms with Crippen molar-refractivity contribution >= 4 is 41.2 Å². The van der Waals surface area contributed by atoms with Gasteiger partial charge in [-0.25, -0.2) is 14.4 Å². The van der Waals surface area contributed by atoms with Crippen LogP contribution in [0.2, 0.25) is 0 Å². The second-order valence-electron chi connectivity index (χ2n) is 8.87. The van der Waals surface area contributed by atoms with Crippen molar-refractivity contribution in [2.75, 3.05) is 5.32 Å². The average molecular weight is 561 g/mol. The minimum atomic E-state index is -2.16. The van der Waals surface area contributed by atoms with Gasteiger partial charge < -0.3 is 19.9 Å². The van der Waals surface area contributed by atoms with E-state index >= 15 is 0 Å². The summed E-state index contributed by atoms with van der Waals surface area (Å²) in [5.74, 6) is -4.72. The van der Waals surface area contributed by atoms with Crippen LogP contribution in [-0.2, 0) is 19.1 Å². The standard InChI is InChI=1S/C33H24N2O7/c34-21-26(23-10-4-1-5-11-23)20-22-16-18-27(19-17-22)35-30(36)28(41-32(39)24-12-6-2-7-13-24)29(31(37)38)42-33(40)25-14-8-3-9-15-25/h1-20,28-29H,(H,35,36)(H,37,38)/b26-20+/t28-,29-/m0/s1. The van der Waals surface area contributed by atoms with E-state index in [1.807, 2.05) is 30.3 Å². The fourth-order valence-electron chi connectivity index (χ4n) is 3.85. The first-order valence-electron chi connectivity index (χ1n) is 12.7. The van der Waals surface area contributed by atoms with E-state index in [0.29, 0.717) is 11.1 Å². The Morgan fingerprint density at radius 2 is 1.12 bits per heavy atom. The van der Waals surface area contributed by atoms with Crippen molar-refractivity contribution in [3.8, 4) is 6.07 Å². The van der Waals surface area contributed by atoms with Gasteiger partial charge in [-0.05, 0) is 53.6 Å². The number of carbonyl (C=O) groups is 4. The highest BCUT2D eigenvalue weighted by Gasteiger charge is 2.41.